The Hall–Kier alpha value is -1.62. The molecule has 0 aliphatic rings. The molecule has 1 heterocycles. The fraction of sp³-hybridized carbons (Fsp3) is 0.444. The summed E-state index contributed by atoms with van der Waals surface area (Å²) in [5.41, 5.74) is 5.48. The Morgan fingerprint density at radius 1 is 1.58 bits per heavy atom. The number of nitrogens with two attached hydrogens (primary N) is 1. The first-order chi connectivity index (χ1) is 8.74. The number of pyridine rings is 1. The molecule has 1 rings (SSSR count). The molecule has 19 heavy (non-hydrogen) atoms. The maximum Gasteiger partial charge on any atom is 0.363 e. The third kappa shape index (κ3) is 4.21. The van der Waals surface area contributed by atoms with Crippen LogP contribution in [-0.2, 0) is 10.0 Å². The second kappa shape index (κ2) is 6.02. The normalized spacial score (nSPS) is 14.9. The average Bonchev–Trinajstić information content (AvgIpc) is 2.36. The minimum atomic E-state index is -3.86. The number of rotatable bonds is 6. The molecule has 2 unspecified atom stereocenters. The molecule has 0 aliphatic carbocycles. The second-order valence-corrected chi connectivity index (χ2v) is 5.63. The third-order valence-corrected chi connectivity index (χ3v) is 3.76. The standard InChI is InChI=1S/C9H14N4O5S/c1-6(14)8(10)5-12-19(17,18)7-2-3-9(11-4-7)13(15)16/h2-4,6,8,12,14H,5,10H2,1H3. The summed E-state index contributed by atoms with van der Waals surface area (Å²) in [5, 5.41) is 19.5. The Kier molecular flexibility index (Phi) is 4.89. The van der Waals surface area contributed by atoms with E-state index in [1.54, 1.807) is 0 Å². The van der Waals surface area contributed by atoms with Crippen LogP contribution in [0.4, 0.5) is 5.82 Å². The Bertz CT molecular complexity index is 542. The Labute approximate surface area is 109 Å². The fourth-order valence-corrected chi connectivity index (χ4v) is 2.12. The van der Waals surface area contributed by atoms with Crippen molar-refractivity contribution in [2.24, 2.45) is 5.73 Å². The number of aliphatic hydroxyl groups excluding tert-OH is 1. The van der Waals surface area contributed by atoms with E-state index in [1.807, 2.05) is 0 Å². The molecule has 10 heteroatoms. The largest absolute Gasteiger partial charge is 0.392 e. The minimum absolute atomic E-state index is 0.156. The molecule has 0 saturated carbocycles. The van der Waals surface area contributed by atoms with Gasteiger partial charge in [0.15, 0.2) is 6.20 Å². The number of hydrogen-bond donors (Lipinski definition) is 3. The zero-order valence-electron chi connectivity index (χ0n) is 10.1. The van der Waals surface area contributed by atoms with Crippen LogP contribution in [0, 0.1) is 10.1 Å². The van der Waals surface area contributed by atoms with Gasteiger partial charge in [-0.3, -0.25) is 0 Å². The summed E-state index contributed by atoms with van der Waals surface area (Å²) in [6, 6.07) is 1.31. The van der Waals surface area contributed by atoms with Crippen molar-refractivity contribution >= 4 is 15.8 Å². The highest BCUT2D eigenvalue weighted by molar-refractivity contribution is 7.89. The molecule has 0 amide bonds. The molecule has 0 bridgehead atoms. The number of aliphatic hydroxyl groups is 1. The lowest BCUT2D eigenvalue weighted by Crippen LogP contribution is -2.43. The molecule has 0 spiro atoms. The van der Waals surface area contributed by atoms with E-state index in [2.05, 4.69) is 9.71 Å². The third-order valence-electron chi connectivity index (χ3n) is 2.35. The first-order valence-corrected chi connectivity index (χ1v) is 6.76. The lowest BCUT2D eigenvalue weighted by atomic mass is 10.2. The van der Waals surface area contributed by atoms with E-state index in [0.717, 1.165) is 18.3 Å². The van der Waals surface area contributed by atoms with Crippen molar-refractivity contribution in [2.45, 2.75) is 24.0 Å². The number of hydrogen-bond acceptors (Lipinski definition) is 7. The van der Waals surface area contributed by atoms with Gasteiger partial charge in [-0.15, -0.1) is 0 Å². The Morgan fingerprint density at radius 2 is 2.21 bits per heavy atom. The van der Waals surface area contributed by atoms with Crippen LogP contribution in [0.25, 0.3) is 0 Å². The highest BCUT2D eigenvalue weighted by Gasteiger charge is 2.20. The van der Waals surface area contributed by atoms with Crippen LogP contribution in [0.15, 0.2) is 23.2 Å². The second-order valence-electron chi connectivity index (χ2n) is 3.87. The van der Waals surface area contributed by atoms with Gasteiger partial charge in [-0.2, -0.15) is 0 Å². The molecule has 106 valence electrons. The molecule has 1 aromatic heterocycles. The predicted molar refractivity (Wildman–Crippen MR) is 65.7 cm³/mol. The highest BCUT2D eigenvalue weighted by atomic mass is 32.2. The number of aromatic nitrogens is 1. The van der Waals surface area contributed by atoms with Gasteiger partial charge >= 0.3 is 5.82 Å². The number of nitrogens with one attached hydrogen (secondary N) is 1. The lowest BCUT2D eigenvalue weighted by Gasteiger charge is -2.14. The predicted octanol–water partition coefficient (Wildman–Crippen LogP) is -1.02. The van der Waals surface area contributed by atoms with E-state index in [-0.39, 0.29) is 11.4 Å². The molecule has 1 aromatic rings. The number of sulfonamides is 1. The molecule has 0 radical (unpaired) electrons. The smallest absolute Gasteiger partial charge is 0.363 e. The van der Waals surface area contributed by atoms with Crippen LogP contribution in [0.2, 0.25) is 0 Å². The summed E-state index contributed by atoms with van der Waals surface area (Å²) in [4.78, 5) is 12.9. The van der Waals surface area contributed by atoms with Gasteiger partial charge in [0, 0.05) is 18.7 Å². The summed E-state index contributed by atoms with van der Waals surface area (Å²) in [7, 11) is -3.86. The van der Waals surface area contributed by atoms with Crippen LogP contribution in [0.1, 0.15) is 6.92 Å². The lowest BCUT2D eigenvalue weighted by molar-refractivity contribution is -0.389. The summed E-state index contributed by atoms with van der Waals surface area (Å²) in [6.07, 6.45) is 0.0200. The molecule has 0 aromatic carbocycles. The summed E-state index contributed by atoms with van der Waals surface area (Å²) < 4.78 is 25.7. The summed E-state index contributed by atoms with van der Waals surface area (Å²) in [6.45, 7) is 1.28. The first kappa shape index (κ1) is 15.4. The minimum Gasteiger partial charge on any atom is -0.392 e. The van der Waals surface area contributed by atoms with Gasteiger partial charge in [-0.05, 0) is 22.9 Å². The van der Waals surface area contributed by atoms with Crippen molar-refractivity contribution in [3.05, 3.63) is 28.4 Å². The van der Waals surface area contributed by atoms with Crippen LogP contribution >= 0.6 is 0 Å². The van der Waals surface area contributed by atoms with Gasteiger partial charge < -0.3 is 21.0 Å². The quantitative estimate of drug-likeness (QED) is 0.448. The van der Waals surface area contributed by atoms with E-state index in [9.17, 15) is 18.5 Å². The van der Waals surface area contributed by atoms with Crippen molar-refractivity contribution < 1.29 is 18.4 Å². The zero-order chi connectivity index (χ0) is 14.6. The molecule has 0 fully saturated rings. The molecule has 9 nitrogen and oxygen atoms in total. The van der Waals surface area contributed by atoms with E-state index < -0.39 is 32.9 Å². The van der Waals surface area contributed by atoms with E-state index >= 15 is 0 Å². The zero-order valence-corrected chi connectivity index (χ0v) is 10.9. The number of nitrogens with zero attached hydrogens (tertiary/aromatic N) is 2. The van der Waals surface area contributed by atoms with Gasteiger partial charge in [0.05, 0.1) is 6.10 Å². The molecule has 0 aliphatic heterocycles. The molecule has 2 atom stereocenters. The molecular weight excluding hydrogens is 276 g/mol. The van der Waals surface area contributed by atoms with Crippen molar-refractivity contribution in [3.63, 3.8) is 0 Å². The summed E-state index contributed by atoms with van der Waals surface area (Å²) >= 11 is 0. The monoisotopic (exact) mass is 290 g/mol. The van der Waals surface area contributed by atoms with Crippen LogP contribution in [-0.4, -0.2) is 42.1 Å². The molecule has 0 saturated heterocycles. The van der Waals surface area contributed by atoms with Crippen LogP contribution in [0.5, 0.6) is 0 Å². The maximum absolute atomic E-state index is 11.8. The van der Waals surface area contributed by atoms with Crippen LogP contribution < -0.4 is 10.5 Å². The fourth-order valence-electron chi connectivity index (χ4n) is 1.10. The van der Waals surface area contributed by atoms with E-state index in [0.29, 0.717) is 0 Å². The number of nitro groups is 1. The van der Waals surface area contributed by atoms with Gasteiger partial charge in [0.1, 0.15) is 4.90 Å². The van der Waals surface area contributed by atoms with Gasteiger partial charge in [0.2, 0.25) is 10.0 Å². The van der Waals surface area contributed by atoms with Gasteiger partial charge in [-0.1, -0.05) is 0 Å². The van der Waals surface area contributed by atoms with Crippen molar-refractivity contribution in [2.75, 3.05) is 6.54 Å². The Morgan fingerprint density at radius 3 is 2.63 bits per heavy atom. The topological polar surface area (TPSA) is 148 Å². The van der Waals surface area contributed by atoms with Crippen molar-refractivity contribution in [3.8, 4) is 0 Å². The average molecular weight is 290 g/mol. The Balaban J connectivity index is 2.80. The van der Waals surface area contributed by atoms with E-state index in [4.69, 9.17) is 10.8 Å². The maximum atomic E-state index is 11.8. The van der Waals surface area contributed by atoms with Crippen molar-refractivity contribution in [1.29, 1.82) is 0 Å². The van der Waals surface area contributed by atoms with E-state index in [1.165, 1.54) is 6.92 Å². The highest BCUT2D eigenvalue weighted by Crippen LogP contribution is 2.11. The van der Waals surface area contributed by atoms with Crippen molar-refractivity contribution in [1.82, 2.24) is 9.71 Å². The molecule has 4 N–H and O–H groups in total. The van der Waals surface area contributed by atoms with Gasteiger partial charge in [0.25, 0.3) is 0 Å². The molecular formula is C9H14N4O5S. The van der Waals surface area contributed by atoms with Gasteiger partial charge in [-0.25, -0.2) is 13.1 Å². The first-order valence-electron chi connectivity index (χ1n) is 5.28. The van der Waals surface area contributed by atoms with Crippen LogP contribution in [0.3, 0.4) is 0 Å². The SMILES string of the molecule is CC(O)C(N)CNS(=O)(=O)c1ccc([N+](=O)[O-])nc1. The summed E-state index contributed by atoms with van der Waals surface area (Å²) in [5.74, 6) is -0.445.